The predicted octanol–water partition coefficient (Wildman–Crippen LogP) is -0.598. The summed E-state index contributed by atoms with van der Waals surface area (Å²) in [7, 11) is 0. The Labute approximate surface area is 89.9 Å². The van der Waals surface area contributed by atoms with Gasteiger partial charge in [-0.15, -0.1) is 0 Å². The Morgan fingerprint density at radius 2 is 1.88 bits per heavy atom. The second kappa shape index (κ2) is 5.90. The number of hydrogen-bond acceptors (Lipinski definition) is 2. The number of aliphatic carboxylic acids is 1. The number of carboxylic acid groups (broad SMARTS) is 1. The molecule has 3 nitrogen and oxygen atoms in total. The van der Waals surface area contributed by atoms with Crippen LogP contribution in [0.3, 0.4) is 0 Å². The summed E-state index contributed by atoms with van der Waals surface area (Å²) in [5, 5.41) is 7.86. The number of rotatable bonds is 2. The van der Waals surface area contributed by atoms with Gasteiger partial charge in [0.05, 0.1) is 0 Å². The fourth-order valence-electron chi connectivity index (χ4n) is 0.213. The molecule has 0 aromatic carbocycles. The van der Waals surface area contributed by atoms with Crippen molar-refractivity contribution in [1.29, 1.82) is 0 Å². The van der Waals surface area contributed by atoms with Crippen molar-refractivity contribution in [3.8, 4) is 0 Å². The van der Waals surface area contributed by atoms with E-state index in [4.69, 9.17) is 5.11 Å². The topological polar surface area (TPSA) is 54.4 Å². The Balaban J connectivity index is 0. The average Bonchev–Trinajstić information content (AvgIpc) is 1.27. The van der Waals surface area contributed by atoms with Crippen LogP contribution in [-0.2, 0) is 9.59 Å². The Bertz CT molecular complexity index is 87.5. The van der Waals surface area contributed by atoms with Crippen molar-refractivity contribution < 1.29 is 14.7 Å². The summed E-state index contributed by atoms with van der Waals surface area (Å²) in [5.74, 6) is -1.37. The van der Waals surface area contributed by atoms with Crippen LogP contribution in [0.25, 0.3) is 0 Å². The monoisotopic (exact) mass is 142 g/mol. The van der Waals surface area contributed by atoms with Gasteiger partial charge in [-0.3, -0.25) is 9.59 Å². The summed E-state index contributed by atoms with van der Waals surface area (Å²) in [4.78, 5) is 19.5. The molecule has 1 N–H and O–H groups in total. The van der Waals surface area contributed by atoms with Crippen molar-refractivity contribution >= 4 is 63.1 Å². The Morgan fingerprint density at radius 3 is 1.88 bits per heavy atom. The normalized spacial score (nSPS) is 7.12. The minimum absolute atomic E-state index is 0. The molecule has 0 atom stereocenters. The maximum absolute atomic E-state index is 9.87. The van der Waals surface area contributed by atoms with E-state index < -0.39 is 5.97 Å². The zero-order valence-corrected chi connectivity index (χ0v) is 3.97. The molecule has 0 aromatic heterocycles. The standard InChI is InChI=1S/C4H6O3.K.H/c1-3(5)2-4(6)7;;/h2H2,1H3,(H,6,7);;. The molecule has 0 saturated carbocycles. The van der Waals surface area contributed by atoms with Crippen LogP contribution in [0.15, 0.2) is 0 Å². The molecule has 8 heavy (non-hydrogen) atoms. The van der Waals surface area contributed by atoms with E-state index in [0.29, 0.717) is 0 Å². The first-order chi connectivity index (χ1) is 3.13. The van der Waals surface area contributed by atoms with Gasteiger partial charge < -0.3 is 5.11 Å². The van der Waals surface area contributed by atoms with E-state index in [-0.39, 0.29) is 63.6 Å². The third-order valence-electron chi connectivity index (χ3n) is 0.400. The van der Waals surface area contributed by atoms with E-state index >= 15 is 0 Å². The maximum atomic E-state index is 9.87. The SMILES string of the molecule is CC(=O)CC(=O)O.[KH]. The Kier molecular flexibility index (Phi) is 8.53. The average molecular weight is 142 g/mol. The van der Waals surface area contributed by atoms with Crippen LogP contribution in [-0.4, -0.2) is 68.2 Å². The fourth-order valence-corrected chi connectivity index (χ4v) is 0.213. The van der Waals surface area contributed by atoms with Crippen LogP contribution in [0.2, 0.25) is 0 Å². The van der Waals surface area contributed by atoms with Crippen LogP contribution >= 0.6 is 0 Å². The summed E-state index contributed by atoms with van der Waals surface area (Å²) >= 11 is 0. The van der Waals surface area contributed by atoms with Gasteiger partial charge in [0.15, 0.2) is 0 Å². The van der Waals surface area contributed by atoms with Crippen molar-refractivity contribution in [2.45, 2.75) is 13.3 Å². The molecule has 0 rings (SSSR count). The molecule has 0 bridgehead atoms. The number of carbonyl (C=O) groups is 2. The van der Waals surface area contributed by atoms with Crippen LogP contribution in [0.5, 0.6) is 0 Å². The quantitative estimate of drug-likeness (QED) is 0.414. The van der Waals surface area contributed by atoms with E-state index in [1.54, 1.807) is 0 Å². The molecule has 0 saturated heterocycles. The molecule has 0 radical (unpaired) electrons. The minimum atomic E-state index is -1.06. The van der Waals surface area contributed by atoms with Crippen molar-refractivity contribution in [3.63, 3.8) is 0 Å². The van der Waals surface area contributed by atoms with Gasteiger partial charge in [0, 0.05) is 0 Å². The van der Waals surface area contributed by atoms with Crippen molar-refractivity contribution in [1.82, 2.24) is 0 Å². The molecule has 0 fully saturated rings. The molecule has 0 aliphatic rings. The first-order valence-electron chi connectivity index (χ1n) is 1.84. The second-order valence-corrected chi connectivity index (χ2v) is 1.27. The Hall–Kier alpha value is 0.776. The van der Waals surface area contributed by atoms with Gasteiger partial charge in [-0.25, -0.2) is 0 Å². The van der Waals surface area contributed by atoms with Gasteiger partial charge in [0.1, 0.15) is 12.2 Å². The van der Waals surface area contributed by atoms with Gasteiger partial charge in [0.25, 0.3) is 0 Å². The van der Waals surface area contributed by atoms with E-state index in [9.17, 15) is 9.59 Å². The zero-order valence-electron chi connectivity index (χ0n) is 3.97. The summed E-state index contributed by atoms with van der Waals surface area (Å²) in [6.45, 7) is 1.24. The van der Waals surface area contributed by atoms with E-state index in [1.165, 1.54) is 6.92 Å². The van der Waals surface area contributed by atoms with Crippen LogP contribution in [0.1, 0.15) is 13.3 Å². The van der Waals surface area contributed by atoms with Crippen LogP contribution < -0.4 is 0 Å². The van der Waals surface area contributed by atoms with Crippen LogP contribution in [0.4, 0.5) is 0 Å². The predicted molar refractivity (Wildman–Crippen MR) is 30.1 cm³/mol. The van der Waals surface area contributed by atoms with E-state index in [2.05, 4.69) is 0 Å². The summed E-state index contributed by atoms with van der Waals surface area (Å²) < 4.78 is 0. The van der Waals surface area contributed by atoms with Gasteiger partial charge in [-0.1, -0.05) is 0 Å². The molecule has 4 heteroatoms. The third-order valence-corrected chi connectivity index (χ3v) is 0.400. The molecule has 0 amide bonds. The van der Waals surface area contributed by atoms with Crippen molar-refractivity contribution in [2.75, 3.05) is 0 Å². The van der Waals surface area contributed by atoms with Crippen LogP contribution in [0, 0.1) is 0 Å². The van der Waals surface area contributed by atoms with Crippen molar-refractivity contribution in [3.05, 3.63) is 0 Å². The number of carboxylic acids is 1. The molecular formula is C4H7KO3. The summed E-state index contributed by atoms with van der Waals surface area (Å²) in [6, 6.07) is 0. The van der Waals surface area contributed by atoms with E-state index in [1.807, 2.05) is 0 Å². The number of carbonyl (C=O) groups excluding carboxylic acids is 1. The van der Waals surface area contributed by atoms with Gasteiger partial charge >= 0.3 is 57.4 Å². The fraction of sp³-hybridized carbons (Fsp3) is 0.500. The van der Waals surface area contributed by atoms with Gasteiger partial charge in [-0.2, -0.15) is 0 Å². The number of Topliss-reactive ketones (excluding diaryl/α,β-unsaturated/α-hetero) is 1. The summed E-state index contributed by atoms with van der Waals surface area (Å²) in [5.41, 5.74) is 0. The molecule has 0 aliphatic carbocycles. The summed E-state index contributed by atoms with van der Waals surface area (Å²) in [6.07, 6.45) is -0.361. The first-order valence-corrected chi connectivity index (χ1v) is 1.84. The Morgan fingerprint density at radius 1 is 1.50 bits per heavy atom. The molecule has 0 spiro atoms. The first kappa shape index (κ1) is 11.6. The molecule has 0 aliphatic heterocycles. The van der Waals surface area contributed by atoms with Gasteiger partial charge in [-0.05, 0) is 6.92 Å². The van der Waals surface area contributed by atoms with Gasteiger partial charge in [0.2, 0.25) is 0 Å². The molecule has 0 aromatic rings. The zero-order chi connectivity index (χ0) is 5.86. The molecular weight excluding hydrogens is 135 g/mol. The second-order valence-electron chi connectivity index (χ2n) is 1.27. The number of hydrogen-bond donors (Lipinski definition) is 1. The number of ketones is 1. The third kappa shape index (κ3) is 9.91. The molecule has 42 valence electrons. The van der Waals surface area contributed by atoms with E-state index in [0.717, 1.165) is 0 Å². The molecule has 0 heterocycles. The molecule has 0 unspecified atom stereocenters. The van der Waals surface area contributed by atoms with Crippen molar-refractivity contribution in [2.24, 2.45) is 0 Å².